The molecular weight excluding hydrogens is 162 g/mol. The average Bonchev–Trinajstić information content (AvgIpc) is 2.89. The maximum Gasteiger partial charge on any atom is 0.126 e. The quantitative estimate of drug-likeness (QED) is 0.708. The van der Waals surface area contributed by atoms with Crippen molar-refractivity contribution < 1.29 is 4.74 Å². The van der Waals surface area contributed by atoms with Crippen LogP contribution in [0, 0.1) is 0 Å². The molecular formula is C11H15NO. The minimum atomic E-state index is 0.472. The lowest BCUT2D eigenvalue weighted by atomic mass is 10.1. The molecule has 2 nitrogen and oxygen atoms in total. The second-order valence-corrected chi connectivity index (χ2v) is 3.89. The molecule has 0 saturated heterocycles. The highest BCUT2D eigenvalue weighted by molar-refractivity contribution is 5.33. The normalized spacial score (nSPS) is 16.2. The highest BCUT2D eigenvalue weighted by atomic mass is 16.5. The topological polar surface area (TPSA) is 22.1 Å². The Bertz CT molecular complexity index is 292. The van der Waals surface area contributed by atoms with E-state index >= 15 is 0 Å². The van der Waals surface area contributed by atoms with Gasteiger partial charge in [0.15, 0.2) is 0 Å². The van der Waals surface area contributed by atoms with Gasteiger partial charge >= 0.3 is 0 Å². The van der Waals surface area contributed by atoms with Crippen LogP contribution in [0.25, 0.3) is 0 Å². The van der Waals surface area contributed by atoms with Gasteiger partial charge in [0.2, 0.25) is 0 Å². The Morgan fingerprint density at radius 1 is 1.46 bits per heavy atom. The summed E-state index contributed by atoms with van der Waals surface area (Å²) >= 11 is 0. The zero-order valence-electron chi connectivity index (χ0n) is 8.16. The predicted octanol–water partition coefficient (Wildman–Crippen LogP) is 2.75. The van der Waals surface area contributed by atoms with Crippen LogP contribution in [0.1, 0.15) is 38.2 Å². The summed E-state index contributed by atoms with van der Waals surface area (Å²) < 4.78 is 5.78. The molecule has 0 spiro atoms. The smallest absolute Gasteiger partial charge is 0.126 e. The Morgan fingerprint density at radius 2 is 2.23 bits per heavy atom. The van der Waals surface area contributed by atoms with E-state index in [1.54, 1.807) is 6.20 Å². The number of ether oxygens (including phenoxy) is 1. The molecule has 0 radical (unpaired) electrons. The third-order valence-corrected chi connectivity index (χ3v) is 2.25. The predicted molar refractivity (Wildman–Crippen MR) is 52.0 cm³/mol. The number of hydrogen-bond donors (Lipinski definition) is 0. The standard InChI is InChI=1S/C11H15NO/c1-8(2)10-7-12-6-5-11(10)13-9-3-4-9/h5-9H,3-4H2,1-2H3. The van der Waals surface area contributed by atoms with E-state index < -0.39 is 0 Å². The molecule has 2 heteroatoms. The van der Waals surface area contributed by atoms with Crippen LogP contribution in [0.2, 0.25) is 0 Å². The van der Waals surface area contributed by atoms with Gasteiger partial charge in [0.25, 0.3) is 0 Å². The number of aromatic nitrogens is 1. The van der Waals surface area contributed by atoms with Gasteiger partial charge in [-0.1, -0.05) is 13.8 Å². The minimum absolute atomic E-state index is 0.472. The van der Waals surface area contributed by atoms with Gasteiger partial charge in [-0.05, 0) is 24.8 Å². The van der Waals surface area contributed by atoms with Crippen LogP contribution in [0.15, 0.2) is 18.5 Å². The summed E-state index contributed by atoms with van der Waals surface area (Å²) in [5.41, 5.74) is 1.22. The maximum absolute atomic E-state index is 5.78. The zero-order chi connectivity index (χ0) is 9.26. The fraction of sp³-hybridized carbons (Fsp3) is 0.545. The monoisotopic (exact) mass is 177 g/mol. The first-order chi connectivity index (χ1) is 6.27. The van der Waals surface area contributed by atoms with Gasteiger partial charge in [0.05, 0.1) is 6.10 Å². The zero-order valence-corrected chi connectivity index (χ0v) is 8.16. The first-order valence-electron chi connectivity index (χ1n) is 4.88. The SMILES string of the molecule is CC(C)c1cnccc1OC1CC1. The Kier molecular flexibility index (Phi) is 2.21. The number of pyridine rings is 1. The third kappa shape index (κ3) is 2.00. The summed E-state index contributed by atoms with van der Waals surface area (Å²) in [6.45, 7) is 4.33. The summed E-state index contributed by atoms with van der Waals surface area (Å²) in [6.07, 6.45) is 6.59. The summed E-state index contributed by atoms with van der Waals surface area (Å²) in [5.74, 6) is 1.51. The van der Waals surface area contributed by atoms with Crippen LogP contribution in [0.4, 0.5) is 0 Å². The van der Waals surface area contributed by atoms with Crippen molar-refractivity contribution in [3.05, 3.63) is 24.0 Å². The highest BCUT2D eigenvalue weighted by Gasteiger charge is 2.24. The summed E-state index contributed by atoms with van der Waals surface area (Å²) in [7, 11) is 0. The molecule has 1 aromatic heterocycles. The molecule has 0 aliphatic heterocycles. The van der Waals surface area contributed by atoms with E-state index in [0.29, 0.717) is 12.0 Å². The van der Waals surface area contributed by atoms with E-state index in [2.05, 4.69) is 18.8 Å². The van der Waals surface area contributed by atoms with Crippen molar-refractivity contribution in [3.8, 4) is 5.75 Å². The van der Waals surface area contributed by atoms with E-state index in [1.807, 2.05) is 12.3 Å². The summed E-state index contributed by atoms with van der Waals surface area (Å²) in [4.78, 5) is 4.11. The Morgan fingerprint density at radius 3 is 2.85 bits per heavy atom. The molecule has 70 valence electrons. The van der Waals surface area contributed by atoms with Crippen LogP contribution in [0.5, 0.6) is 5.75 Å². The Labute approximate surface area is 78.9 Å². The van der Waals surface area contributed by atoms with E-state index in [4.69, 9.17) is 4.74 Å². The fourth-order valence-corrected chi connectivity index (χ4v) is 1.30. The molecule has 0 N–H and O–H groups in total. The molecule has 2 rings (SSSR count). The summed E-state index contributed by atoms with van der Waals surface area (Å²) in [6, 6.07) is 1.97. The van der Waals surface area contributed by atoms with Crippen LogP contribution in [-0.2, 0) is 0 Å². The molecule has 0 aromatic carbocycles. The number of hydrogen-bond acceptors (Lipinski definition) is 2. The van der Waals surface area contributed by atoms with Crippen molar-refractivity contribution in [1.82, 2.24) is 4.98 Å². The van der Waals surface area contributed by atoms with Gasteiger partial charge in [-0.25, -0.2) is 0 Å². The number of nitrogens with zero attached hydrogens (tertiary/aromatic N) is 1. The second kappa shape index (κ2) is 3.36. The molecule has 1 aliphatic rings. The Balaban J connectivity index is 2.20. The van der Waals surface area contributed by atoms with Crippen molar-refractivity contribution in [2.24, 2.45) is 0 Å². The van der Waals surface area contributed by atoms with Crippen LogP contribution in [0.3, 0.4) is 0 Å². The van der Waals surface area contributed by atoms with E-state index in [-0.39, 0.29) is 0 Å². The molecule has 1 fully saturated rings. The molecule has 1 saturated carbocycles. The van der Waals surface area contributed by atoms with Gasteiger partial charge < -0.3 is 4.74 Å². The first kappa shape index (κ1) is 8.54. The molecule has 0 bridgehead atoms. The first-order valence-corrected chi connectivity index (χ1v) is 4.88. The van der Waals surface area contributed by atoms with Crippen molar-refractivity contribution in [1.29, 1.82) is 0 Å². The van der Waals surface area contributed by atoms with E-state index in [9.17, 15) is 0 Å². The second-order valence-electron chi connectivity index (χ2n) is 3.89. The van der Waals surface area contributed by atoms with Crippen LogP contribution < -0.4 is 4.74 Å². The van der Waals surface area contributed by atoms with Gasteiger partial charge in [-0.2, -0.15) is 0 Å². The van der Waals surface area contributed by atoms with Gasteiger partial charge in [0.1, 0.15) is 5.75 Å². The third-order valence-electron chi connectivity index (χ3n) is 2.25. The lowest BCUT2D eigenvalue weighted by Gasteiger charge is -2.12. The van der Waals surface area contributed by atoms with Crippen molar-refractivity contribution in [3.63, 3.8) is 0 Å². The van der Waals surface area contributed by atoms with Gasteiger partial charge in [-0.15, -0.1) is 0 Å². The van der Waals surface area contributed by atoms with Gasteiger partial charge in [-0.3, -0.25) is 4.98 Å². The maximum atomic E-state index is 5.78. The number of rotatable bonds is 3. The lowest BCUT2D eigenvalue weighted by Crippen LogP contribution is -2.01. The highest BCUT2D eigenvalue weighted by Crippen LogP contribution is 2.31. The molecule has 13 heavy (non-hydrogen) atoms. The molecule has 1 heterocycles. The van der Waals surface area contributed by atoms with E-state index in [0.717, 1.165) is 5.75 Å². The van der Waals surface area contributed by atoms with Crippen molar-refractivity contribution >= 4 is 0 Å². The molecule has 1 aromatic rings. The minimum Gasteiger partial charge on any atom is -0.490 e. The van der Waals surface area contributed by atoms with Crippen molar-refractivity contribution in [2.45, 2.75) is 38.7 Å². The molecule has 0 unspecified atom stereocenters. The lowest BCUT2D eigenvalue weighted by molar-refractivity contribution is 0.298. The molecule has 0 atom stereocenters. The summed E-state index contributed by atoms with van der Waals surface area (Å²) in [5, 5.41) is 0. The average molecular weight is 177 g/mol. The van der Waals surface area contributed by atoms with Crippen LogP contribution in [-0.4, -0.2) is 11.1 Å². The largest absolute Gasteiger partial charge is 0.490 e. The van der Waals surface area contributed by atoms with Gasteiger partial charge in [0, 0.05) is 18.0 Å². The fourth-order valence-electron chi connectivity index (χ4n) is 1.30. The van der Waals surface area contributed by atoms with E-state index in [1.165, 1.54) is 18.4 Å². The Hall–Kier alpha value is -1.05. The molecule has 1 aliphatic carbocycles. The van der Waals surface area contributed by atoms with Crippen LogP contribution >= 0.6 is 0 Å². The van der Waals surface area contributed by atoms with Crippen molar-refractivity contribution in [2.75, 3.05) is 0 Å². The molecule has 0 amide bonds.